The molecule has 1 aromatic heterocycles. The Bertz CT molecular complexity index is 393. The smallest absolute Gasteiger partial charge is 0.160 e. The van der Waals surface area contributed by atoms with Gasteiger partial charge in [-0.05, 0) is 25.8 Å². The van der Waals surface area contributed by atoms with Crippen LogP contribution in [-0.4, -0.2) is 32.6 Å². The average molecular weight is 236 g/mol. The molecule has 1 atom stereocenters. The summed E-state index contributed by atoms with van der Waals surface area (Å²) in [7, 11) is 1.82. The molecule has 94 valence electrons. The Balaban J connectivity index is 2.10. The van der Waals surface area contributed by atoms with Gasteiger partial charge in [-0.25, -0.2) is 4.98 Å². The molecule has 17 heavy (non-hydrogen) atoms. The maximum Gasteiger partial charge on any atom is 0.160 e. The van der Waals surface area contributed by atoms with Gasteiger partial charge in [0.05, 0.1) is 12.0 Å². The van der Waals surface area contributed by atoms with E-state index in [9.17, 15) is 4.79 Å². The minimum absolute atomic E-state index is 0.257. The number of aromatic nitrogens is 3. The first-order valence-electron chi connectivity index (χ1n) is 6.29. The predicted octanol–water partition coefficient (Wildman–Crippen LogP) is 0.849. The van der Waals surface area contributed by atoms with Crippen molar-refractivity contribution in [2.75, 3.05) is 6.54 Å². The van der Waals surface area contributed by atoms with E-state index in [1.807, 2.05) is 7.05 Å². The van der Waals surface area contributed by atoms with Gasteiger partial charge < -0.3 is 5.32 Å². The maximum atomic E-state index is 12.4. The largest absolute Gasteiger partial charge is 0.305 e. The van der Waals surface area contributed by atoms with Gasteiger partial charge in [-0.15, -0.1) is 0 Å². The summed E-state index contributed by atoms with van der Waals surface area (Å²) in [5.41, 5.74) is -0.305. The van der Waals surface area contributed by atoms with Crippen LogP contribution in [-0.2, 0) is 18.3 Å². The highest BCUT2D eigenvalue weighted by Crippen LogP contribution is 2.26. The highest BCUT2D eigenvalue weighted by atomic mass is 16.1. The van der Waals surface area contributed by atoms with Crippen molar-refractivity contribution < 1.29 is 4.79 Å². The molecule has 0 saturated carbocycles. The van der Waals surface area contributed by atoms with Crippen molar-refractivity contribution in [1.29, 1.82) is 0 Å². The molecule has 0 aliphatic carbocycles. The number of aryl methyl sites for hydroxylation is 1. The molecule has 5 nitrogen and oxygen atoms in total. The number of nitrogens with zero attached hydrogens (tertiary/aromatic N) is 3. The van der Waals surface area contributed by atoms with E-state index in [2.05, 4.69) is 22.3 Å². The highest BCUT2D eigenvalue weighted by molar-refractivity contribution is 5.90. The van der Waals surface area contributed by atoms with Crippen molar-refractivity contribution in [3.05, 3.63) is 12.2 Å². The zero-order chi connectivity index (χ0) is 12.3. The van der Waals surface area contributed by atoms with Crippen LogP contribution >= 0.6 is 0 Å². The van der Waals surface area contributed by atoms with Gasteiger partial charge in [0.15, 0.2) is 5.78 Å². The van der Waals surface area contributed by atoms with Crippen LogP contribution in [0.5, 0.6) is 0 Å². The molecule has 1 aromatic rings. The van der Waals surface area contributed by atoms with Gasteiger partial charge in [-0.2, -0.15) is 5.10 Å². The third-order valence-electron chi connectivity index (χ3n) is 3.58. The lowest BCUT2D eigenvalue weighted by Crippen LogP contribution is -2.48. The minimum atomic E-state index is -0.305. The molecular formula is C12H20N4O. The molecule has 1 N–H and O–H groups in total. The molecule has 2 heterocycles. The van der Waals surface area contributed by atoms with E-state index in [-0.39, 0.29) is 11.3 Å². The van der Waals surface area contributed by atoms with E-state index in [1.54, 1.807) is 4.68 Å². The Labute approximate surface area is 102 Å². The maximum absolute atomic E-state index is 12.4. The number of hydrogen-bond donors (Lipinski definition) is 1. The number of carbonyl (C=O) groups excluding carboxylic acids is 1. The van der Waals surface area contributed by atoms with Gasteiger partial charge in [0.25, 0.3) is 0 Å². The predicted molar refractivity (Wildman–Crippen MR) is 64.6 cm³/mol. The normalized spacial score (nSPS) is 24.1. The van der Waals surface area contributed by atoms with E-state index in [0.717, 1.165) is 38.1 Å². The second-order valence-electron chi connectivity index (χ2n) is 4.76. The Kier molecular flexibility index (Phi) is 3.57. The van der Waals surface area contributed by atoms with Gasteiger partial charge in [0.2, 0.25) is 0 Å². The van der Waals surface area contributed by atoms with E-state index in [4.69, 9.17) is 0 Å². The fourth-order valence-electron chi connectivity index (χ4n) is 2.62. The summed E-state index contributed by atoms with van der Waals surface area (Å²) in [6.45, 7) is 3.07. The molecule has 1 saturated heterocycles. The Morgan fingerprint density at radius 2 is 2.47 bits per heavy atom. The van der Waals surface area contributed by atoms with E-state index >= 15 is 0 Å². The fourth-order valence-corrected chi connectivity index (χ4v) is 2.62. The molecule has 2 rings (SSSR count). The van der Waals surface area contributed by atoms with Crippen LogP contribution < -0.4 is 5.32 Å². The SMILES string of the molecule is CCCC1(C(=O)Cc2ncnn2C)CCCN1. The van der Waals surface area contributed by atoms with Gasteiger partial charge in [-0.1, -0.05) is 13.3 Å². The molecule has 0 aromatic carbocycles. The zero-order valence-electron chi connectivity index (χ0n) is 10.6. The van der Waals surface area contributed by atoms with Crippen molar-refractivity contribution in [1.82, 2.24) is 20.1 Å². The molecule has 0 bridgehead atoms. The first kappa shape index (κ1) is 12.2. The van der Waals surface area contributed by atoms with Crippen molar-refractivity contribution in [2.24, 2.45) is 7.05 Å². The topological polar surface area (TPSA) is 59.8 Å². The van der Waals surface area contributed by atoms with Crippen LogP contribution in [0, 0.1) is 0 Å². The summed E-state index contributed by atoms with van der Waals surface area (Å²) in [4.78, 5) is 16.6. The van der Waals surface area contributed by atoms with Crippen LogP contribution in [0.1, 0.15) is 38.4 Å². The van der Waals surface area contributed by atoms with Crippen molar-refractivity contribution in [3.8, 4) is 0 Å². The molecule has 0 amide bonds. The summed E-state index contributed by atoms with van der Waals surface area (Å²) in [6.07, 6.45) is 5.87. The average Bonchev–Trinajstić information content (AvgIpc) is 2.91. The monoisotopic (exact) mass is 236 g/mol. The van der Waals surface area contributed by atoms with E-state index in [1.165, 1.54) is 6.33 Å². The molecule has 0 spiro atoms. The Hall–Kier alpha value is -1.23. The van der Waals surface area contributed by atoms with Crippen LogP contribution in [0.15, 0.2) is 6.33 Å². The number of carbonyl (C=O) groups is 1. The van der Waals surface area contributed by atoms with Crippen LogP contribution in [0.2, 0.25) is 0 Å². The summed E-state index contributed by atoms with van der Waals surface area (Å²) >= 11 is 0. The van der Waals surface area contributed by atoms with E-state index in [0.29, 0.717) is 6.42 Å². The van der Waals surface area contributed by atoms with Crippen molar-refractivity contribution in [3.63, 3.8) is 0 Å². The zero-order valence-corrected chi connectivity index (χ0v) is 10.6. The summed E-state index contributed by atoms with van der Waals surface area (Å²) in [5.74, 6) is 1.01. The standard InChI is InChI=1S/C12H20N4O/c1-3-5-12(6-4-7-14-12)10(17)8-11-13-9-15-16(11)2/h9,14H,3-8H2,1-2H3. The molecule has 1 aliphatic heterocycles. The van der Waals surface area contributed by atoms with Crippen LogP contribution in [0.25, 0.3) is 0 Å². The lowest BCUT2D eigenvalue weighted by atomic mass is 9.85. The molecular weight excluding hydrogens is 216 g/mol. The third kappa shape index (κ3) is 2.39. The number of hydrogen-bond acceptors (Lipinski definition) is 4. The Morgan fingerprint density at radius 1 is 1.65 bits per heavy atom. The van der Waals surface area contributed by atoms with Crippen LogP contribution in [0.3, 0.4) is 0 Å². The van der Waals surface area contributed by atoms with Gasteiger partial charge in [-0.3, -0.25) is 9.48 Å². The molecule has 1 unspecified atom stereocenters. The number of nitrogens with one attached hydrogen (secondary N) is 1. The first-order chi connectivity index (χ1) is 8.18. The first-order valence-corrected chi connectivity index (χ1v) is 6.29. The quantitative estimate of drug-likeness (QED) is 0.823. The minimum Gasteiger partial charge on any atom is -0.305 e. The van der Waals surface area contributed by atoms with Gasteiger partial charge in [0.1, 0.15) is 12.2 Å². The van der Waals surface area contributed by atoms with Crippen molar-refractivity contribution >= 4 is 5.78 Å². The van der Waals surface area contributed by atoms with Crippen molar-refractivity contribution in [2.45, 2.75) is 44.6 Å². The van der Waals surface area contributed by atoms with Gasteiger partial charge in [0, 0.05) is 7.05 Å². The number of rotatable bonds is 5. The highest BCUT2D eigenvalue weighted by Gasteiger charge is 2.39. The summed E-state index contributed by atoms with van der Waals surface area (Å²) in [6, 6.07) is 0. The molecule has 1 fully saturated rings. The fraction of sp³-hybridized carbons (Fsp3) is 0.750. The molecule has 0 radical (unpaired) electrons. The lowest BCUT2D eigenvalue weighted by Gasteiger charge is -2.27. The lowest BCUT2D eigenvalue weighted by molar-refractivity contribution is -0.124. The third-order valence-corrected chi connectivity index (χ3v) is 3.58. The molecule has 1 aliphatic rings. The second kappa shape index (κ2) is 4.96. The number of ketones is 1. The summed E-state index contributed by atoms with van der Waals surface area (Å²) < 4.78 is 1.67. The van der Waals surface area contributed by atoms with E-state index < -0.39 is 0 Å². The Morgan fingerprint density at radius 3 is 3.00 bits per heavy atom. The summed E-state index contributed by atoms with van der Waals surface area (Å²) in [5, 5.41) is 7.39. The second-order valence-corrected chi connectivity index (χ2v) is 4.76. The molecule has 5 heteroatoms. The van der Waals surface area contributed by atoms with Crippen LogP contribution in [0.4, 0.5) is 0 Å². The number of Topliss-reactive ketones (excluding diaryl/α,β-unsaturated/α-hetero) is 1. The van der Waals surface area contributed by atoms with Gasteiger partial charge >= 0.3 is 0 Å².